The van der Waals surface area contributed by atoms with Crippen LogP contribution in [0.25, 0.3) is 0 Å². The number of carboxylic acids is 1. The van der Waals surface area contributed by atoms with Gasteiger partial charge in [-0.2, -0.15) is 0 Å². The summed E-state index contributed by atoms with van der Waals surface area (Å²) in [4.78, 5) is 24.6. The molecule has 0 aliphatic carbocycles. The van der Waals surface area contributed by atoms with E-state index in [1.165, 1.54) is 0 Å². The van der Waals surface area contributed by atoms with Crippen molar-refractivity contribution in [3.05, 3.63) is 22.7 Å². The average molecular weight is 313 g/mol. The van der Waals surface area contributed by atoms with E-state index in [2.05, 4.69) is 21.2 Å². The van der Waals surface area contributed by atoms with Crippen LogP contribution >= 0.6 is 15.9 Å². The third-order valence-electron chi connectivity index (χ3n) is 3.02. The second-order valence-corrected chi connectivity index (χ2v) is 5.58. The summed E-state index contributed by atoms with van der Waals surface area (Å²) >= 11 is 3.32. The Morgan fingerprint density at radius 2 is 2.17 bits per heavy atom. The van der Waals surface area contributed by atoms with E-state index >= 15 is 0 Å². The number of carbonyl (C=O) groups excluding carboxylic acids is 1. The van der Waals surface area contributed by atoms with Crippen molar-refractivity contribution < 1.29 is 14.7 Å². The fraction of sp³-hybridized carbons (Fsp3) is 0.333. The molecule has 0 aromatic heterocycles. The molecule has 0 spiro atoms. The summed E-state index contributed by atoms with van der Waals surface area (Å²) in [5.74, 6) is -1.18. The topological polar surface area (TPSA) is 69.6 Å². The monoisotopic (exact) mass is 312 g/mol. The van der Waals surface area contributed by atoms with Gasteiger partial charge >= 0.3 is 5.97 Å². The molecule has 0 bridgehead atoms. The molecule has 0 radical (unpaired) electrons. The first-order valence-electron chi connectivity index (χ1n) is 5.43. The standard InChI is InChI=1S/C12H13BrN2O3/c1-12(2,11(17)18)15-6-10(16)14-8-5-7(13)3-4-9(8)15/h3-5H,6H2,1-2H3,(H,14,16)(H,17,18). The minimum Gasteiger partial charge on any atom is -0.480 e. The molecule has 1 aromatic rings. The van der Waals surface area contributed by atoms with E-state index in [0.29, 0.717) is 11.4 Å². The van der Waals surface area contributed by atoms with E-state index in [1.807, 2.05) is 6.07 Å². The Morgan fingerprint density at radius 1 is 1.50 bits per heavy atom. The number of benzene rings is 1. The van der Waals surface area contributed by atoms with Gasteiger partial charge < -0.3 is 15.3 Å². The predicted molar refractivity (Wildman–Crippen MR) is 71.8 cm³/mol. The van der Waals surface area contributed by atoms with Crippen LogP contribution in [-0.4, -0.2) is 29.1 Å². The third-order valence-corrected chi connectivity index (χ3v) is 3.52. The molecule has 1 amide bonds. The van der Waals surface area contributed by atoms with Crippen molar-refractivity contribution in [1.29, 1.82) is 0 Å². The van der Waals surface area contributed by atoms with Gasteiger partial charge in [-0.25, -0.2) is 4.79 Å². The second kappa shape index (κ2) is 4.28. The number of amides is 1. The molecule has 1 aliphatic heterocycles. The van der Waals surface area contributed by atoms with E-state index in [-0.39, 0.29) is 12.5 Å². The van der Waals surface area contributed by atoms with Crippen LogP contribution in [0.4, 0.5) is 11.4 Å². The molecule has 0 fully saturated rings. The first kappa shape index (κ1) is 12.9. The lowest BCUT2D eigenvalue weighted by Crippen LogP contribution is -2.55. The largest absolute Gasteiger partial charge is 0.480 e. The number of carbonyl (C=O) groups is 2. The molecule has 0 saturated heterocycles. The quantitative estimate of drug-likeness (QED) is 0.877. The predicted octanol–water partition coefficient (Wildman–Crippen LogP) is 2.07. The lowest BCUT2D eigenvalue weighted by Gasteiger charge is -2.40. The van der Waals surface area contributed by atoms with E-state index < -0.39 is 11.5 Å². The highest BCUT2D eigenvalue weighted by atomic mass is 79.9. The Morgan fingerprint density at radius 3 is 2.78 bits per heavy atom. The number of nitrogens with zero attached hydrogens (tertiary/aromatic N) is 1. The maximum Gasteiger partial charge on any atom is 0.328 e. The lowest BCUT2D eigenvalue weighted by atomic mass is 10.00. The normalized spacial score (nSPS) is 15.1. The highest BCUT2D eigenvalue weighted by molar-refractivity contribution is 9.10. The molecular weight excluding hydrogens is 300 g/mol. The molecule has 1 heterocycles. The molecule has 0 unspecified atom stereocenters. The first-order chi connectivity index (χ1) is 8.32. The van der Waals surface area contributed by atoms with E-state index in [4.69, 9.17) is 0 Å². The number of hydrogen-bond donors (Lipinski definition) is 2. The van der Waals surface area contributed by atoms with Crippen LogP contribution in [0.1, 0.15) is 13.8 Å². The van der Waals surface area contributed by atoms with Gasteiger partial charge in [-0.15, -0.1) is 0 Å². The summed E-state index contributed by atoms with van der Waals surface area (Å²) in [6.45, 7) is 3.20. The van der Waals surface area contributed by atoms with Crippen molar-refractivity contribution in [2.75, 3.05) is 16.8 Å². The third kappa shape index (κ3) is 2.08. The molecule has 18 heavy (non-hydrogen) atoms. The van der Waals surface area contributed by atoms with Crippen molar-refractivity contribution in [2.24, 2.45) is 0 Å². The van der Waals surface area contributed by atoms with Gasteiger partial charge in [0, 0.05) is 4.47 Å². The van der Waals surface area contributed by atoms with Gasteiger partial charge in [-0.05, 0) is 32.0 Å². The number of hydrogen-bond acceptors (Lipinski definition) is 3. The van der Waals surface area contributed by atoms with Crippen molar-refractivity contribution in [1.82, 2.24) is 0 Å². The number of anilines is 2. The van der Waals surface area contributed by atoms with E-state index in [0.717, 1.165) is 4.47 Å². The van der Waals surface area contributed by atoms with Gasteiger partial charge in [-0.1, -0.05) is 15.9 Å². The molecular formula is C12H13BrN2O3. The second-order valence-electron chi connectivity index (χ2n) is 4.66. The number of aliphatic carboxylic acids is 1. The van der Waals surface area contributed by atoms with Gasteiger partial charge in [0.2, 0.25) is 5.91 Å². The Bertz CT molecular complexity index is 528. The summed E-state index contributed by atoms with van der Waals surface area (Å²) < 4.78 is 0.830. The van der Waals surface area contributed by atoms with Crippen molar-refractivity contribution in [2.45, 2.75) is 19.4 Å². The first-order valence-corrected chi connectivity index (χ1v) is 6.22. The van der Waals surface area contributed by atoms with Crippen LogP contribution in [0.5, 0.6) is 0 Å². The van der Waals surface area contributed by atoms with Crippen molar-refractivity contribution >= 4 is 39.2 Å². The average Bonchev–Trinajstić information content (AvgIpc) is 2.26. The summed E-state index contributed by atoms with van der Waals surface area (Å²) in [6, 6.07) is 5.38. The van der Waals surface area contributed by atoms with Crippen LogP contribution in [0.2, 0.25) is 0 Å². The molecule has 96 valence electrons. The summed E-state index contributed by atoms with van der Waals surface area (Å²) in [5, 5.41) is 12.0. The SMILES string of the molecule is CC(C)(C(=O)O)N1CC(=O)Nc2cc(Br)ccc21. The fourth-order valence-electron chi connectivity index (χ4n) is 1.88. The number of carboxylic acid groups (broad SMARTS) is 1. The number of rotatable bonds is 2. The maximum absolute atomic E-state index is 11.7. The summed E-state index contributed by atoms with van der Waals surface area (Å²) in [5.41, 5.74) is 0.195. The zero-order chi connectivity index (χ0) is 13.5. The van der Waals surface area contributed by atoms with Crippen LogP contribution in [-0.2, 0) is 9.59 Å². The maximum atomic E-state index is 11.7. The Labute approximate surface area is 113 Å². The van der Waals surface area contributed by atoms with Gasteiger partial charge in [0.1, 0.15) is 5.54 Å². The van der Waals surface area contributed by atoms with Gasteiger partial charge in [0.25, 0.3) is 0 Å². The molecule has 1 aliphatic rings. The van der Waals surface area contributed by atoms with Crippen LogP contribution in [0, 0.1) is 0 Å². The van der Waals surface area contributed by atoms with Gasteiger partial charge in [0.05, 0.1) is 17.9 Å². The molecule has 6 heteroatoms. The summed E-state index contributed by atoms with van der Waals surface area (Å²) in [6.07, 6.45) is 0. The molecule has 2 N–H and O–H groups in total. The smallest absolute Gasteiger partial charge is 0.328 e. The number of halogens is 1. The minimum absolute atomic E-state index is 0.0356. The molecule has 2 rings (SSSR count). The molecule has 0 atom stereocenters. The van der Waals surface area contributed by atoms with Crippen LogP contribution in [0.15, 0.2) is 22.7 Å². The number of nitrogens with one attached hydrogen (secondary N) is 1. The van der Waals surface area contributed by atoms with Crippen LogP contribution < -0.4 is 10.2 Å². The Balaban J connectivity index is 2.52. The Kier molecular flexibility index (Phi) is 3.06. The number of fused-ring (bicyclic) bond motifs is 1. The molecule has 0 saturated carbocycles. The Hall–Kier alpha value is -1.56. The van der Waals surface area contributed by atoms with Gasteiger partial charge in [0.15, 0.2) is 0 Å². The highest BCUT2D eigenvalue weighted by Gasteiger charge is 2.39. The zero-order valence-electron chi connectivity index (χ0n) is 10.0. The molecule has 5 nitrogen and oxygen atoms in total. The highest BCUT2D eigenvalue weighted by Crippen LogP contribution is 2.36. The van der Waals surface area contributed by atoms with E-state index in [9.17, 15) is 14.7 Å². The van der Waals surface area contributed by atoms with Gasteiger partial charge in [-0.3, -0.25) is 4.79 Å². The fourth-order valence-corrected chi connectivity index (χ4v) is 2.24. The zero-order valence-corrected chi connectivity index (χ0v) is 11.6. The lowest BCUT2D eigenvalue weighted by molar-refractivity contribution is -0.142. The minimum atomic E-state index is -1.14. The van der Waals surface area contributed by atoms with Crippen LogP contribution in [0.3, 0.4) is 0 Å². The van der Waals surface area contributed by atoms with E-state index in [1.54, 1.807) is 30.9 Å². The summed E-state index contributed by atoms with van der Waals surface area (Å²) in [7, 11) is 0. The van der Waals surface area contributed by atoms with Crippen molar-refractivity contribution in [3.63, 3.8) is 0 Å². The molecule has 1 aromatic carbocycles. The van der Waals surface area contributed by atoms with Crippen molar-refractivity contribution in [3.8, 4) is 0 Å².